The number of benzene rings is 2. The van der Waals surface area contributed by atoms with Gasteiger partial charge in [-0.3, -0.25) is 0 Å². The molecule has 2 amide bonds. The molecule has 0 bridgehead atoms. The molecule has 4 rings (SSSR count). The maximum Gasteiger partial charge on any atom is 0.317 e. The lowest BCUT2D eigenvalue weighted by Gasteiger charge is -2.26. The smallest absolute Gasteiger partial charge is 0.317 e. The van der Waals surface area contributed by atoms with Gasteiger partial charge < -0.3 is 15.1 Å². The van der Waals surface area contributed by atoms with Crippen LogP contribution in [0.3, 0.4) is 0 Å². The van der Waals surface area contributed by atoms with Gasteiger partial charge in [0.1, 0.15) is 11.6 Å². The molecular weight excluding hydrogens is 422 g/mol. The molecule has 1 saturated heterocycles. The van der Waals surface area contributed by atoms with Gasteiger partial charge in [-0.1, -0.05) is 67.1 Å². The van der Waals surface area contributed by atoms with Gasteiger partial charge in [-0.05, 0) is 37.8 Å². The highest BCUT2D eigenvalue weighted by atomic mass is 16.2. The maximum absolute atomic E-state index is 12.8. The second-order valence-electron chi connectivity index (χ2n) is 9.01. The van der Waals surface area contributed by atoms with Crippen molar-refractivity contribution in [1.29, 1.82) is 0 Å². The minimum absolute atomic E-state index is 0.00121. The van der Waals surface area contributed by atoms with Crippen LogP contribution in [0, 0.1) is 13.8 Å². The Morgan fingerprint density at radius 2 is 1.68 bits per heavy atom. The van der Waals surface area contributed by atoms with Crippen LogP contribution in [-0.2, 0) is 19.4 Å². The summed E-state index contributed by atoms with van der Waals surface area (Å²) in [5, 5.41) is 3.07. The van der Waals surface area contributed by atoms with E-state index >= 15 is 0 Å². The summed E-state index contributed by atoms with van der Waals surface area (Å²) in [7, 11) is 0. The molecule has 0 spiro atoms. The minimum atomic E-state index is -0.00121. The molecule has 6 nitrogen and oxygen atoms in total. The van der Waals surface area contributed by atoms with Crippen molar-refractivity contribution in [2.45, 2.75) is 46.6 Å². The second kappa shape index (κ2) is 11.1. The van der Waals surface area contributed by atoms with Crippen LogP contribution in [-0.4, -0.2) is 47.1 Å². The summed E-state index contributed by atoms with van der Waals surface area (Å²) in [6.45, 7) is 9.85. The van der Waals surface area contributed by atoms with E-state index in [2.05, 4.69) is 48.3 Å². The molecule has 178 valence electrons. The Bertz CT molecular complexity index is 1100. The molecule has 1 N–H and O–H groups in total. The topological polar surface area (TPSA) is 61.4 Å². The molecule has 0 atom stereocenters. The molecule has 1 aliphatic heterocycles. The van der Waals surface area contributed by atoms with Crippen molar-refractivity contribution in [1.82, 2.24) is 20.2 Å². The first-order valence-electron chi connectivity index (χ1n) is 12.3. The zero-order valence-corrected chi connectivity index (χ0v) is 20.6. The van der Waals surface area contributed by atoms with Crippen molar-refractivity contribution in [3.63, 3.8) is 0 Å². The predicted molar refractivity (Wildman–Crippen MR) is 137 cm³/mol. The highest BCUT2D eigenvalue weighted by Gasteiger charge is 2.23. The van der Waals surface area contributed by atoms with Crippen LogP contribution in [0.4, 0.5) is 10.6 Å². The average molecular weight is 458 g/mol. The summed E-state index contributed by atoms with van der Waals surface area (Å²) in [4.78, 5) is 26.8. The monoisotopic (exact) mass is 457 g/mol. The molecule has 2 heterocycles. The number of amides is 2. The van der Waals surface area contributed by atoms with Gasteiger partial charge in [0.05, 0.1) is 0 Å². The van der Waals surface area contributed by atoms with Crippen LogP contribution in [0.1, 0.15) is 47.1 Å². The highest BCUT2D eigenvalue weighted by molar-refractivity contribution is 5.74. The SMILES string of the molecule is CCc1nc(C)nc(N2CCCN(C(=O)NCc3ccccc3)CC2)c1Cc1ccc(C)cc1. The number of carbonyl (C=O) groups excluding carboxylic acids is 1. The number of aromatic nitrogens is 2. The molecule has 6 heteroatoms. The third kappa shape index (κ3) is 5.93. The van der Waals surface area contributed by atoms with Gasteiger partial charge in [-0.15, -0.1) is 0 Å². The number of hydrogen-bond acceptors (Lipinski definition) is 4. The third-order valence-electron chi connectivity index (χ3n) is 6.39. The Labute approximate surface area is 203 Å². The normalized spacial score (nSPS) is 14.1. The van der Waals surface area contributed by atoms with Gasteiger partial charge in [-0.2, -0.15) is 0 Å². The fraction of sp³-hybridized carbons (Fsp3) is 0.393. The number of carbonyl (C=O) groups is 1. The van der Waals surface area contributed by atoms with Crippen LogP contribution in [0.5, 0.6) is 0 Å². The standard InChI is InChI=1S/C28H35N5O/c1-4-26-25(19-23-13-11-21(2)12-14-23)27(31-22(3)30-26)32-15-8-16-33(18-17-32)28(34)29-20-24-9-6-5-7-10-24/h5-7,9-14H,4,8,15-20H2,1-3H3,(H,29,34). The molecule has 0 unspecified atom stereocenters. The summed E-state index contributed by atoms with van der Waals surface area (Å²) < 4.78 is 0. The van der Waals surface area contributed by atoms with Crippen LogP contribution >= 0.6 is 0 Å². The van der Waals surface area contributed by atoms with E-state index in [1.54, 1.807) is 0 Å². The Morgan fingerprint density at radius 3 is 2.41 bits per heavy atom. The number of urea groups is 1. The van der Waals surface area contributed by atoms with E-state index in [-0.39, 0.29) is 6.03 Å². The van der Waals surface area contributed by atoms with Gasteiger partial charge in [0, 0.05) is 50.4 Å². The molecule has 1 fully saturated rings. The van der Waals surface area contributed by atoms with E-state index in [0.717, 1.165) is 61.8 Å². The van der Waals surface area contributed by atoms with E-state index in [9.17, 15) is 4.79 Å². The molecule has 0 saturated carbocycles. The van der Waals surface area contributed by atoms with Crippen LogP contribution < -0.4 is 10.2 Å². The van der Waals surface area contributed by atoms with Crippen LogP contribution in [0.25, 0.3) is 0 Å². The predicted octanol–water partition coefficient (Wildman–Crippen LogP) is 4.67. The van der Waals surface area contributed by atoms with Crippen LogP contribution in [0.2, 0.25) is 0 Å². The van der Waals surface area contributed by atoms with E-state index in [1.165, 1.54) is 16.7 Å². The van der Waals surface area contributed by atoms with Gasteiger partial charge in [-0.25, -0.2) is 14.8 Å². The first-order valence-corrected chi connectivity index (χ1v) is 12.3. The fourth-order valence-electron chi connectivity index (χ4n) is 4.50. The van der Waals surface area contributed by atoms with Crippen molar-refractivity contribution in [2.24, 2.45) is 0 Å². The summed E-state index contributed by atoms with van der Waals surface area (Å²) in [6.07, 6.45) is 2.60. The summed E-state index contributed by atoms with van der Waals surface area (Å²) in [5.41, 5.74) is 5.96. The Hall–Kier alpha value is -3.41. The van der Waals surface area contributed by atoms with E-state index in [4.69, 9.17) is 9.97 Å². The Kier molecular flexibility index (Phi) is 7.78. The summed E-state index contributed by atoms with van der Waals surface area (Å²) >= 11 is 0. The Morgan fingerprint density at radius 1 is 0.912 bits per heavy atom. The molecular formula is C28H35N5O. The Balaban J connectivity index is 1.48. The number of nitrogens with one attached hydrogen (secondary N) is 1. The molecule has 3 aromatic rings. The zero-order valence-electron chi connectivity index (χ0n) is 20.6. The molecule has 0 aliphatic carbocycles. The quantitative estimate of drug-likeness (QED) is 0.584. The molecule has 34 heavy (non-hydrogen) atoms. The molecule has 1 aromatic heterocycles. The van der Waals surface area contributed by atoms with Crippen LogP contribution in [0.15, 0.2) is 54.6 Å². The molecule has 2 aromatic carbocycles. The largest absolute Gasteiger partial charge is 0.354 e. The van der Waals surface area contributed by atoms with Crippen molar-refractivity contribution in [3.8, 4) is 0 Å². The van der Waals surface area contributed by atoms with E-state index < -0.39 is 0 Å². The number of rotatable bonds is 6. The van der Waals surface area contributed by atoms with Gasteiger partial charge in [0.25, 0.3) is 0 Å². The van der Waals surface area contributed by atoms with E-state index in [1.807, 2.05) is 42.2 Å². The fourth-order valence-corrected chi connectivity index (χ4v) is 4.50. The average Bonchev–Trinajstić information content (AvgIpc) is 3.11. The number of nitrogens with zero attached hydrogens (tertiary/aromatic N) is 4. The molecule has 1 aliphatic rings. The van der Waals surface area contributed by atoms with E-state index in [0.29, 0.717) is 13.1 Å². The second-order valence-corrected chi connectivity index (χ2v) is 9.01. The zero-order chi connectivity index (χ0) is 23.9. The highest BCUT2D eigenvalue weighted by Crippen LogP contribution is 2.26. The van der Waals surface area contributed by atoms with Crippen molar-refractivity contribution < 1.29 is 4.79 Å². The third-order valence-corrected chi connectivity index (χ3v) is 6.39. The lowest BCUT2D eigenvalue weighted by atomic mass is 10.0. The molecule has 0 radical (unpaired) electrons. The van der Waals surface area contributed by atoms with Crippen molar-refractivity contribution in [2.75, 3.05) is 31.1 Å². The number of anilines is 1. The van der Waals surface area contributed by atoms with Gasteiger partial charge in [0.2, 0.25) is 0 Å². The number of aryl methyl sites for hydroxylation is 3. The van der Waals surface area contributed by atoms with Gasteiger partial charge in [0.15, 0.2) is 0 Å². The summed E-state index contributed by atoms with van der Waals surface area (Å²) in [5.74, 6) is 1.83. The number of hydrogen-bond donors (Lipinski definition) is 1. The lowest BCUT2D eigenvalue weighted by Crippen LogP contribution is -2.42. The van der Waals surface area contributed by atoms with Gasteiger partial charge >= 0.3 is 6.03 Å². The first-order chi connectivity index (χ1) is 16.5. The first kappa shape index (κ1) is 23.7. The lowest BCUT2D eigenvalue weighted by molar-refractivity contribution is 0.201. The summed E-state index contributed by atoms with van der Waals surface area (Å²) in [6, 6.07) is 18.7. The van der Waals surface area contributed by atoms with Crippen molar-refractivity contribution >= 4 is 11.8 Å². The maximum atomic E-state index is 12.8. The van der Waals surface area contributed by atoms with Crippen molar-refractivity contribution in [3.05, 3.63) is 88.4 Å². The minimum Gasteiger partial charge on any atom is -0.354 e.